The summed E-state index contributed by atoms with van der Waals surface area (Å²) in [5.41, 5.74) is 3.53. The van der Waals surface area contributed by atoms with Crippen LogP contribution in [0, 0.1) is 16.7 Å². The molecule has 0 heterocycles. The molecule has 48 heavy (non-hydrogen) atoms. The van der Waals surface area contributed by atoms with E-state index in [0.29, 0.717) is 31.2 Å². The van der Waals surface area contributed by atoms with Gasteiger partial charge in [0.25, 0.3) is 0 Å². The highest BCUT2D eigenvalue weighted by molar-refractivity contribution is 7.81. The Morgan fingerprint density at radius 1 is 1.02 bits per heavy atom. The first kappa shape index (κ1) is 40.2. The summed E-state index contributed by atoms with van der Waals surface area (Å²) in [6, 6.07) is 3.63. The van der Waals surface area contributed by atoms with Gasteiger partial charge in [-0.1, -0.05) is 55.2 Å². The van der Waals surface area contributed by atoms with Crippen molar-refractivity contribution >= 4 is 20.8 Å². The minimum absolute atomic E-state index is 0.160. The first-order valence-electron chi connectivity index (χ1n) is 16.9. The van der Waals surface area contributed by atoms with Crippen LogP contribution in [-0.2, 0) is 27.2 Å². The highest BCUT2D eigenvalue weighted by atomic mass is 32.3. The second-order valence-electron chi connectivity index (χ2n) is 15.0. The lowest BCUT2D eigenvalue weighted by molar-refractivity contribution is -0.0733. The van der Waals surface area contributed by atoms with Crippen molar-refractivity contribution in [3.63, 3.8) is 0 Å². The highest BCUT2D eigenvalue weighted by Gasteiger charge is 2.46. The minimum atomic E-state index is -4.88. The van der Waals surface area contributed by atoms with Crippen LogP contribution in [0.5, 0.6) is 11.5 Å². The Hall–Kier alpha value is -2.22. The summed E-state index contributed by atoms with van der Waals surface area (Å²) in [6.07, 6.45) is 12.4. The molecule has 3 rings (SSSR count). The summed E-state index contributed by atoms with van der Waals surface area (Å²) in [7, 11) is -9.71. The molecular weight excluding hydrogens is 657 g/mol. The van der Waals surface area contributed by atoms with Crippen LogP contribution >= 0.6 is 0 Å². The van der Waals surface area contributed by atoms with Crippen molar-refractivity contribution in [1.29, 1.82) is 0 Å². The molecule has 0 aliphatic heterocycles. The zero-order valence-corrected chi connectivity index (χ0v) is 31.2. The molecule has 0 bridgehead atoms. The van der Waals surface area contributed by atoms with Gasteiger partial charge in [-0.3, -0.25) is 9.11 Å². The predicted octanol–water partition coefficient (Wildman–Crippen LogP) is 7.88. The Balaban J connectivity index is 1.84. The average Bonchev–Trinajstić information content (AvgIpc) is 2.94. The van der Waals surface area contributed by atoms with Crippen molar-refractivity contribution in [2.45, 2.75) is 137 Å². The predicted molar refractivity (Wildman–Crippen MR) is 188 cm³/mol. The summed E-state index contributed by atoms with van der Waals surface area (Å²) in [5, 5.41) is 22.4. The van der Waals surface area contributed by atoms with Gasteiger partial charge in [0.15, 0.2) is 0 Å². The average molecular weight is 713 g/mol. The number of hydrogen-bond donors (Lipinski definition) is 4. The summed E-state index contributed by atoms with van der Waals surface area (Å²) in [4.78, 5) is 0. The Kier molecular flexibility index (Phi) is 13.2. The molecule has 0 spiro atoms. The molecule has 1 aromatic carbocycles. The Labute approximate surface area is 288 Å². The molecule has 1 aromatic rings. The smallest absolute Gasteiger partial charge is 0.390 e. The van der Waals surface area contributed by atoms with Crippen LogP contribution in [0.2, 0.25) is 0 Å². The second kappa shape index (κ2) is 15.8. The summed E-state index contributed by atoms with van der Waals surface area (Å²) < 4.78 is 74.4. The second-order valence-corrected chi connectivity index (χ2v) is 17.1. The molecule has 0 radical (unpaired) electrons. The van der Waals surface area contributed by atoms with E-state index in [1.165, 1.54) is 34.4 Å². The number of aliphatic hydroxyl groups is 2. The third kappa shape index (κ3) is 11.1. The van der Waals surface area contributed by atoms with E-state index in [2.05, 4.69) is 57.9 Å². The Morgan fingerprint density at radius 2 is 1.69 bits per heavy atom. The molecule has 12 heteroatoms. The highest BCUT2D eigenvalue weighted by Crippen LogP contribution is 2.58. The molecule has 5 atom stereocenters. The maximum absolute atomic E-state index is 11.7. The van der Waals surface area contributed by atoms with Gasteiger partial charge >= 0.3 is 20.8 Å². The van der Waals surface area contributed by atoms with E-state index in [9.17, 15) is 36.2 Å². The van der Waals surface area contributed by atoms with Crippen LogP contribution in [-0.4, -0.2) is 47.9 Å². The largest absolute Gasteiger partial charge is 0.446 e. The lowest BCUT2D eigenvalue weighted by Crippen LogP contribution is -2.42. The van der Waals surface area contributed by atoms with Crippen molar-refractivity contribution in [3.8, 4) is 11.5 Å². The summed E-state index contributed by atoms with van der Waals surface area (Å²) in [5.74, 6) is -0.225. The fourth-order valence-corrected chi connectivity index (χ4v) is 8.37. The van der Waals surface area contributed by atoms with E-state index < -0.39 is 37.9 Å². The monoisotopic (exact) mass is 712 g/mol. The van der Waals surface area contributed by atoms with E-state index in [1.54, 1.807) is 6.92 Å². The van der Waals surface area contributed by atoms with Crippen molar-refractivity contribution in [2.24, 2.45) is 16.7 Å². The van der Waals surface area contributed by atoms with Crippen LogP contribution in [0.4, 0.5) is 0 Å². The van der Waals surface area contributed by atoms with E-state index in [0.717, 1.165) is 51.0 Å². The van der Waals surface area contributed by atoms with Crippen molar-refractivity contribution < 1.29 is 44.5 Å². The molecule has 10 nitrogen and oxygen atoms in total. The lowest BCUT2D eigenvalue weighted by atomic mass is 9.54. The van der Waals surface area contributed by atoms with Gasteiger partial charge in [-0.25, -0.2) is 0 Å². The molecule has 3 unspecified atom stereocenters. The zero-order valence-electron chi connectivity index (χ0n) is 29.6. The number of aliphatic hydroxyl groups excluding tert-OH is 1. The van der Waals surface area contributed by atoms with Crippen LogP contribution < -0.4 is 8.37 Å². The normalized spacial score (nSPS) is 25.6. The minimum Gasteiger partial charge on any atom is -0.390 e. The molecule has 0 saturated carbocycles. The topological polar surface area (TPSA) is 168 Å². The molecule has 0 aromatic heterocycles. The van der Waals surface area contributed by atoms with Crippen molar-refractivity contribution in [2.75, 3.05) is 0 Å². The van der Waals surface area contributed by atoms with Gasteiger partial charge in [0, 0.05) is 5.56 Å². The lowest BCUT2D eigenvalue weighted by Gasteiger charge is -2.51. The van der Waals surface area contributed by atoms with E-state index in [4.69, 9.17) is 4.18 Å². The van der Waals surface area contributed by atoms with E-state index in [1.807, 2.05) is 0 Å². The van der Waals surface area contributed by atoms with Gasteiger partial charge in [-0.15, -0.1) is 0 Å². The molecule has 0 fully saturated rings. The molecule has 2 aliphatic rings. The quantitative estimate of drug-likeness (QED) is 0.0978. The standard InChI is InChI=1S/C36H56O10S2/c1-25(2)11-8-12-26(3)13-9-21-36(7,38)33(37)19-22-34(5)20-10-14-31-30(34)17-15-27(4)35(31,6)24-28-23-29(45-47(39,40)41)16-18-32(28)46-48(42,43)44/h11,13,16,18,23,27,33,37-38H,8-10,12,14-15,17,19-22,24H2,1-7H3,(H,39,40,41)(H,42,43,44)/b26-13+/t27?,33?,34-,35-,36?/m0/s1. The maximum atomic E-state index is 11.7. The number of allylic oxidation sites excluding steroid dienone is 6. The summed E-state index contributed by atoms with van der Waals surface area (Å²) >= 11 is 0. The first-order valence-corrected chi connectivity index (χ1v) is 19.7. The van der Waals surface area contributed by atoms with Crippen molar-refractivity contribution in [3.05, 3.63) is 58.2 Å². The van der Waals surface area contributed by atoms with Gasteiger partial charge in [0.1, 0.15) is 11.5 Å². The Bertz CT molecular complexity index is 1600. The summed E-state index contributed by atoms with van der Waals surface area (Å²) in [6.45, 7) is 14.5. The third-order valence-electron chi connectivity index (χ3n) is 10.8. The number of rotatable bonds is 16. The van der Waals surface area contributed by atoms with Gasteiger partial charge in [0.2, 0.25) is 0 Å². The number of benzene rings is 1. The molecule has 4 N–H and O–H groups in total. The molecule has 2 aliphatic carbocycles. The van der Waals surface area contributed by atoms with E-state index >= 15 is 0 Å². The van der Waals surface area contributed by atoms with E-state index in [-0.39, 0.29) is 29.3 Å². The fraction of sp³-hybridized carbons (Fsp3) is 0.667. The van der Waals surface area contributed by atoms with Gasteiger partial charge in [0.05, 0.1) is 11.7 Å². The molecule has 0 saturated heterocycles. The van der Waals surface area contributed by atoms with Gasteiger partial charge in [-0.2, -0.15) is 16.8 Å². The third-order valence-corrected chi connectivity index (χ3v) is 11.6. The molecule has 272 valence electrons. The van der Waals surface area contributed by atoms with Gasteiger partial charge in [-0.05, 0) is 140 Å². The molecular formula is C36H56O10S2. The number of hydrogen-bond acceptors (Lipinski definition) is 8. The van der Waals surface area contributed by atoms with Crippen LogP contribution in [0.3, 0.4) is 0 Å². The Morgan fingerprint density at radius 3 is 2.31 bits per heavy atom. The van der Waals surface area contributed by atoms with Crippen LogP contribution in [0.15, 0.2) is 52.6 Å². The SMILES string of the molecule is CC(C)=CCC/C(C)=C/CCC(C)(O)C(O)CC[C@]1(C)CCCC2=C1CCC(C)[C@]2(C)Cc1cc(OS(=O)(=O)O)ccc1OS(=O)(=O)O. The van der Waals surface area contributed by atoms with Crippen molar-refractivity contribution in [1.82, 2.24) is 0 Å². The zero-order chi connectivity index (χ0) is 36.1. The van der Waals surface area contributed by atoms with Gasteiger partial charge < -0.3 is 18.6 Å². The molecule has 0 amide bonds. The maximum Gasteiger partial charge on any atom is 0.446 e. The first-order chi connectivity index (χ1) is 22.0. The van der Waals surface area contributed by atoms with Crippen LogP contribution in [0.1, 0.15) is 125 Å². The van der Waals surface area contributed by atoms with Crippen LogP contribution in [0.25, 0.3) is 0 Å². The fourth-order valence-electron chi connectivity index (χ4n) is 7.63.